The van der Waals surface area contributed by atoms with E-state index in [1.165, 1.54) is 12.3 Å². The average molecular weight is 327 g/mol. The number of likely N-dealkylation sites (tertiary alicyclic amines) is 1. The van der Waals surface area contributed by atoms with E-state index in [0.717, 1.165) is 5.56 Å². The molecule has 0 unspecified atom stereocenters. The quantitative estimate of drug-likeness (QED) is 0.919. The van der Waals surface area contributed by atoms with E-state index in [0.29, 0.717) is 25.9 Å². The lowest BCUT2D eigenvalue weighted by Crippen LogP contribution is -2.44. The molecule has 6 heteroatoms. The maximum atomic E-state index is 13.6. The van der Waals surface area contributed by atoms with Crippen molar-refractivity contribution in [1.29, 1.82) is 0 Å². The van der Waals surface area contributed by atoms with Gasteiger partial charge in [-0.05, 0) is 18.4 Å². The highest BCUT2D eigenvalue weighted by molar-refractivity contribution is 5.90. The normalized spacial score (nSPS) is 28.8. The van der Waals surface area contributed by atoms with E-state index < -0.39 is 6.17 Å². The number of carbonyl (C=O) groups is 1. The number of hydrogen-bond donors (Lipinski definition) is 1. The fourth-order valence-corrected chi connectivity index (χ4v) is 4.13. The zero-order valence-corrected chi connectivity index (χ0v) is 13.1. The van der Waals surface area contributed by atoms with Gasteiger partial charge < -0.3 is 9.88 Å². The molecular weight excluding hydrogens is 309 g/mol. The Kier molecular flexibility index (Phi) is 3.48. The molecule has 1 saturated carbocycles. The molecule has 1 aromatic carbocycles. The van der Waals surface area contributed by atoms with Crippen molar-refractivity contribution in [2.45, 2.75) is 24.9 Å². The minimum absolute atomic E-state index is 0.0440. The molecule has 1 aliphatic carbocycles. The lowest BCUT2D eigenvalue weighted by molar-refractivity contribution is 0.0204. The van der Waals surface area contributed by atoms with Gasteiger partial charge in [-0.25, -0.2) is 9.37 Å². The molecule has 1 spiro atoms. The van der Waals surface area contributed by atoms with E-state index >= 15 is 0 Å². The minimum Gasteiger partial charge on any atom is -0.335 e. The summed E-state index contributed by atoms with van der Waals surface area (Å²) >= 11 is 0. The first kappa shape index (κ1) is 15.1. The van der Waals surface area contributed by atoms with Gasteiger partial charge in [-0.1, -0.05) is 30.3 Å². The van der Waals surface area contributed by atoms with Crippen LogP contribution in [0, 0.1) is 5.41 Å². The van der Waals surface area contributed by atoms with Gasteiger partial charge in [0, 0.05) is 36.7 Å². The summed E-state index contributed by atoms with van der Waals surface area (Å²) in [4.78, 5) is 32.2. The second kappa shape index (κ2) is 5.54. The van der Waals surface area contributed by atoms with E-state index in [4.69, 9.17) is 0 Å². The number of hydrogen-bond acceptors (Lipinski definition) is 3. The van der Waals surface area contributed by atoms with Crippen LogP contribution in [0.25, 0.3) is 0 Å². The van der Waals surface area contributed by atoms with Crippen LogP contribution in [-0.4, -0.2) is 40.0 Å². The van der Waals surface area contributed by atoms with Gasteiger partial charge in [0.25, 0.3) is 11.5 Å². The molecule has 1 saturated heterocycles. The third-order valence-corrected chi connectivity index (χ3v) is 5.27. The summed E-state index contributed by atoms with van der Waals surface area (Å²) in [5, 5.41) is 0. The maximum absolute atomic E-state index is 13.6. The Balaban J connectivity index is 1.63. The van der Waals surface area contributed by atoms with E-state index in [1.54, 1.807) is 4.90 Å². The van der Waals surface area contributed by atoms with Crippen molar-refractivity contribution < 1.29 is 9.18 Å². The second-order valence-electron chi connectivity index (χ2n) is 6.80. The molecule has 0 bridgehead atoms. The summed E-state index contributed by atoms with van der Waals surface area (Å²) < 4.78 is 13.6. The molecule has 2 fully saturated rings. The third kappa shape index (κ3) is 2.42. The number of rotatable bonds is 2. The lowest BCUT2D eigenvalue weighted by Gasteiger charge is -2.45. The standard InChI is InChI=1S/C18H18FN3O2/c19-13-8-18(9-13)11-22(10-14(18)12-4-2-1-3-5-12)17(24)16-20-7-6-15(23)21-16/h1-7,13-14H,8-11H2,(H,20,21,23)/t13?,14-,18?/m0/s1. The van der Waals surface area contributed by atoms with Gasteiger partial charge in [-0.3, -0.25) is 9.59 Å². The van der Waals surface area contributed by atoms with Crippen molar-refractivity contribution in [3.63, 3.8) is 0 Å². The molecule has 1 aromatic heterocycles. The zero-order valence-electron chi connectivity index (χ0n) is 13.1. The second-order valence-corrected chi connectivity index (χ2v) is 6.80. The molecule has 1 amide bonds. The minimum atomic E-state index is -0.791. The number of amides is 1. The Morgan fingerprint density at radius 2 is 2.00 bits per heavy atom. The van der Waals surface area contributed by atoms with Crippen molar-refractivity contribution in [3.05, 3.63) is 64.3 Å². The number of aromatic amines is 1. The van der Waals surface area contributed by atoms with Crippen LogP contribution in [-0.2, 0) is 0 Å². The number of nitrogens with zero attached hydrogens (tertiary/aromatic N) is 2. The van der Waals surface area contributed by atoms with Crippen LogP contribution in [0.2, 0.25) is 0 Å². The van der Waals surface area contributed by atoms with Gasteiger partial charge in [-0.2, -0.15) is 0 Å². The highest BCUT2D eigenvalue weighted by Gasteiger charge is 2.56. The zero-order chi connectivity index (χ0) is 16.7. The summed E-state index contributed by atoms with van der Waals surface area (Å²) in [5.74, 6) is -0.139. The van der Waals surface area contributed by atoms with Crippen molar-refractivity contribution in [2.75, 3.05) is 13.1 Å². The van der Waals surface area contributed by atoms with Gasteiger partial charge in [0.2, 0.25) is 0 Å². The van der Waals surface area contributed by atoms with Crippen molar-refractivity contribution >= 4 is 5.91 Å². The average Bonchev–Trinajstić information content (AvgIpc) is 2.95. The van der Waals surface area contributed by atoms with E-state index in [1.807, 2.05) is 30.3 Å². The third-order valence-electron chi connectivity index (χ3n) is 5.27. The molecule has 2 heterocycles. The predicted molar refractivity (Wildman–Crippen MR) is 86.5 cm³/mol. The molecule has 4 rings (SSSR count). The van der Waals surface area contributed by atoms with Crippen molar-refractivity contribution in [1.82, 2.24) is 14.9 Å². The van der Waals surface area contributed by atoms with Crippen LogP contribution in [0.3, 0.4) is 0 Å². The largest absolute Gasteiger partial charge is 0.335 e. The first-order valence-electron chi connectivity index (χ1n) is 8.11. The molecule has 1 N–H and O–H groups in total. The molecule has 5 nitrogen and oxygen atoms in total. The SMILES string of the molecule is O=C(c1nccc(=O)[nH]1)N1C[C@@H](c2ccccc2)C2(CC(F)C2)C1. The molecule has 1 atom stereocenters. The monoisotopic (exact) mass is 327 g/mol. The molecule has 2 aliphatic rings. The van der Waals surface area contributed by atoms with Crippen molar-refractivity contribution in [2.24, 2.45) is 5.41 Å². The highest BCUT2D eigenvalue weighted by atomic mass is 19.1. The number of benzene rings is 1. The van der Waals surface area contributed by atoms with Gasteiger partial charge in [-0.15, -0.1) is 0 Å². The Bertz CT molecular complexity index is 814. The van der Waals surface area contributed by atoms with E-state index in [2.05, 4.69) is 9.97 Å². The van der Waals surface area contributed by atoms with Crippen LogP contribution in [0.4, 0.5) is 4.39 Å². The number of halogens is 1. The van der Waals surface area contributed by atoms with Gasteiger partial charge in [0.15, 0.2) is 5.82 Å². The fourth-order valence-electron chi connectivity index (χ4n) is 4.13. The molecular formula is C18H18FN3O2. The van der Waals surface area contributed by atoms with Crippen LogP contribution in [0.15, 0.2) is 47.4 Å². The van der Waals surface area contributed by atoms with E-state index in [-0.39, 0.29) is 28.6 Å². The lowest BCUT2D eigenvalue weighted by atomic mass is 9.60. The Morgan fingerprint density at radius 3 is 2.67 bits per heavy atom. The van der Waals surface area contributed by atoms with E-state index in [9.17, 15) is 14.0 Å². The van der Waals surface area contributed by atoms with Gasteiger partial charge in [0.05, 0.1) is 0 Å². The number of aromatic nitrogens is 2. The predicted octanol–water partition coefficient (Wildman–Crippen LogP) is 2.13. The van der Waals surface area contributed by atoms with Crippen LogP contribution in [0.1, 0.15) is 34.9 Å². The number of nitrogens with one attached hydrogen (secondary N) is 1. The van der Waals surface area contributed by atoms with Crippen molar-refractivity contribution in [3.8, 4) is 0 Å². The number of carbonyl (C=O) groups excluding carboxylic acids is 1. The number of H-pyrrole nitrogens is 1. The first-order chi connectivity index (χ1) is 11.6. The Hall–Kier alpha value is -2.50. The maximum Gasteiger partial charge on any atom is 0.289 e. The summed E-state index contributed by atoms with van der Waals surface area (Å²) in [6.45, 7) is 1.03. The number of alkyl halides is 1. The first-order valence-corrected chi connectivity index (χ1v) is 8.11. The molecule has 124 valence electrons. The van der Waals surface area contributed by atoms with Crippen LogP contribution >= 0.6 is 0 Å². The summed E-state index contributed by atoms with van der Waals surface area (Å²) in [6.07, 6.45) is 1.50. The van der Waals surface area contributed by atoms with Crippen LogP contribution in [0.5, 0.6) is 0 Å². The van der Waals surface area contributed by atoms with Crippen LogP contribution < -0.4 is 5.56 Å². The van der Waals surface area contributed by atoms with Gasteiger partial charge in [0.1, 0.15) is 6.17 Å². The molecule has 0 radical (unpaired) electrons. The Morgan fingerprint density at radius 1 is 1.25 bits per heavy atom. The Labute approximate surface area is 138 Å². The molecule has 1 aliphatic heterocycles. The molecule has 24 heavy (non-hydrogen) atoms. The smallest absolute Gasteiger partial charge is 0.289 e. The fraction of sp³-hybridized carbons (Fsp3) is 0.389. The molecule has 2 aromatic rings. The summed E-state index contributed by atoms with van der Waals surface area (Å²) in [7, 11) is 0. The summed E-state index contributed by atoms with van der Waals surface area (Å²) in [6, 6.07) is 11.2. The highest BCUT2D eigenvalue weighted by Crippen LogP contribution is 2.56. The topological polar surface area (TPSA) is 66.1 Å². The van der Waals surface area contributed by atoms with Gasteiger partial charge >= 0.3 is 0 Å². The summed E-state index contributed by atoms with van der Waals surface area (Å²) in [5.41, 5.74) is 0.578.